The summed E-state index contributed by atoms with van der Waals surface area (Å²) in [6.45, 7) is 9.16. The summed E-state index contributed by atoms with van der Waals surface area (Å²) in [5.41, 5.74) is 15.6. The molecule has 2 atom stereocenters. The molecule has 0 spiro atoms. The maximum absolute atomic E-state index is 14.2. The maximum atomic E-state index is 14.2. The Morgan fingerprint density at radius 3 is 2.42 bits per heavy atom. The Kier molecular flexibility index (Phi) is 8.51. The summed E-state index contributed by atoms with van der Waals surface area (Å²) in [5, 5.41) is -0.217. The second-order valence-corrected chi connectivity index (χ2v) is 14.3. The molecule has 1 saturated heterocycles. The number of nitrogens with one attached hydrogen (secondary N) is 2. The number of likely N-dealkylation sites (tertiary alicyclic amines) is 1. The molecule has 0 radical (unpaired) electrons. The summed E-state index contributed by atoms with van der Waals surface area (Å²) >= 11 is 6.37. The third kappa shape index (κ3) is 7.09. The van der Waals surface area contributed by atoms with Crippen molar-refractivity contribution in [3.05, 3.63) is 52.5 Å². The lowest BCUT2D eigenvalue weighted by atomic mass is 9.91. The number of hydrazine groups is 1. The summed E-state index contributed by atoms with van der Waals surface area (Å²) in [6, 6.07) is 7.52. The molecule has 2 heterocycles. The van der Waals surface area contributed by atoms with Gasteiger partial charge in [-0.25, -0.2) is 13.4 Å². The highest BCUT2D eigenvalue weighted by Gasteiger charge is 2.39. The fourth-order valence-electron chi connectivity index (χ4n) is 5.11. The Bertz CT molecular complexity index is 1380. The van der Waals surface area contributed by atoms with Crippen molar-refractivity contribution >= 4 is 27.4 Å². The number of nitrogens with zero attached hydrogens (tertiary/aromatic N) is 2. The van der Waals surface area contributed by atoms with Gasteiger partial charge in [0.15, 0.2) is 9.84 Å². The number of guanidine groups is 1. The molecule has 6 N–H and O–H groups in total. The number of hydrogen-bond donors (Lipinski definition) is 4. The minimum Gasteiger partial charge on any atom is -0.369 e. The molecule has 13 heteroatoms. The van der Waals surface area contributed by atoms with Crippen molar-refractivity contribution in [3.8, 4) is 11.1 Å². The quantitative estimate of drug-likeness (QED) is 0.370. The second-order valence-electron chi connectivity index (χ2n) is 11.8. The molecule has 2 aliphatic heterocycles. The van der Waals surface area contributed by atoms with Crippen molar-refractivity contribution in [3.63, 3.8) is 0 Å². The van der Waals surface area contributed by atoms with Crippen LogP contribution in [-0.2, 0) is 21.8 Å². The minimum atomic E-state index is -4.78. The number of alkyl halides is 3. The highest BCUT2D eigenvalue weighted by Crippen LogP contribution is 2.43. The van der Waals surface area contributed by atoms with E-state index < -0.39 is 27.4 Å². The average Bonchev–Trinajstić information content (AvgIpc) is 3.21. The van der Waals surface area contributed by atoms with Crippen LogP contribution < -0.4 is 22.3 Å². The molecule has 2 aliphatic rings. The van der Waals surface area contributed by atoms with Crippen LogP contribution >= 0.6 is 11.6 Å². The normalized spacial score (nSPS) is 22.7. The van der Waals surface area contributed by atoms with Crippen LogP contribution in [0.5, 0.6) is 0 Å². The van der Waals surface area contributed by atoms with E-state index in [1.165, 1.54) is 30.3 Å². The summed E-state index contributed by atoms with van der Waals surface area (Å²) in [4.78, 5) is 6.31. The lowest BCUT2D eigenvalue weighted by Gasteiger charge is -2.34. The van der Waals surface area contributed by atoms with Gasteiger partial charge in [0, 0.05) is 22.7 Å². The van der Waals surface area contributed by atoms with Crippen LogP contribution in [0.4, 0.5) is 13.2 Å². The van der Waals surface area contributed by atoms with Crippen LogP contribution in [0.15, 0.2) is 46.3 Å². The molecule has 1 fully saturated rings. The first kappa shape index (κ1) is 30.6. The number of sulfone groups is 1. The van der Waals surface area contributed by atoms with Gasteiger partial charge in [0.1, 0.15) is 0 Å². The summed E-state index contributed by atoms with van der Waals surface area (Å²) in [7, 11) is -3.65. The third-order valence-corrected chi connectivity index (χ3v) is 9.45. The minimum absolute atomic E-state index is 0.00354. The molecule has 2 unspecified atom stereocenters. The zero-order valence-corrected chi connectivity index (χ0v) is 24.3. The standard InChI is InChI=1S/C27H36ClF3N6O2S/c1-25(2,3)10-12-37-11-4-5-17(15-37)16-40(38,39)20-8-6-18(7-9-20)23-21(26(29,30)31)13-19(14-22(23)28)27(33)34-24(32)35-36-27/h6-9,13-14,17,36H,4-5,10-12,15-16,33H2,1-3H3,(H3,32,34,35). The fraction of sp³-hybridized carbons (Fsp3) is 0.519. The molecule has 0 saturated carbocycles. The Morgan fingerprint density at radius 2 is 1.85 bits per heavy atom. The van der Waals surface area contributed by atoms with E-state index in [4.69, 9.17) is 23.1 Å². The summed E-state index contributed by atoms with van der Waals surface area (Å²) in [6.07, 6.45) is -2.00. The van der Waals surface area contributed by atoms with E-state index in [1.54, 1.807) is 0 Å². The van der Waals surface area contributed by atoms with Gasteiger partial charge in [0.2, 0.25) is 11.7 Å². The highest BCUT2D eigenvalue weighted by atomic mass is 35.5. The van der Waals surface area contributed by atoms with Crippen LogP contribution in [0, 0.1) is 11.3 Å². The predicted octanol–water partition coefficient (Wildman–Crippen LogP) is 4.44. The summed E-state index contributed by atoms with van der Waals surface area (Å²) in [5.74, 6) is -1.84. The molecular formula is C27H36ClF3N6O2S. The Hall–Kier alpha value is -2.38. The number of aliphatic imine (C=N–C) groups is 1. The fourth-order valence-corrected chi connectivity index (χ4v) is 7.07. The van der Waals surface area contributed by atoms with Crippen molar-refractivity contribution in [2.75, 3.05) is 25.4 Å². The second kappa shape index (κ2) is 11.1. The highest BCUT2D eigenvalue weighted by molar-refractivity contribution is 7.91. The molecule has 40 heavy (non-hydrogen) atoms. The summed E-state index contributed by atoms with van der Waals surface area (Å²) < 4.78 is 69.0. The van der Waals surface area contributed by atoms with Crippen LogP contribution in [0.25, 0.3) is 11.1 Å². The van der Waals surface area contributed by atoms with Gasteiger partial charge in [-0.1, -0.05) is 44.5 Å². The van der Waals surface area contributed by atoms with E-state index in [9.17, 15) is 21.6 Å². The third-order valence-electron chi connectivity index (χ3n) is 7.25. The first-order chi connectivity index (χ1) is 18.5. The van der Waals surface area contributed by atoms with E-state index in [2.05, 4.69) is 41.5 Å². The van der Waals surface area contributed by atoms with Gasteiger partial charge >= 0.3 is 6.18 Å². The van der Waals surface area contributed by atoms with Gasteiger partial charge in [-0.15, -0.1) is 0 Å². The van der Waals surface area contributed by atoms with Gasteiger partial charge in [0.05, 0.1) is 16.2 Å². The van der Waals surface area contributed by atoms with Crippen molar-refractivity contribution in [1.82, 2.24) is 15.8 Å². The number of piperidine rings is 1. The van der Waals surface area contributed by atoms with E-state index in [1.807, 2.05) is 0 Å². The van der Waals surface area contributed by atoms with Crippen molar-refractivity contribution < 1.29 is 21.6 Å². The average molecular weight is 601 g/mol. The number of benzene rings is 2. The van der Waals surface area contributed by atoms with Gasteiger partial charge in [-0.2, -0.15) is 18.6 Å². The number of rotatable bonds is 7. The zero-order chi connectivity index (χ0) is 29.5. The molecule has 0 bridgehead atoms. The van der Waals surface area contributed by atoms with Crippen molar-refractivity contribution in [2.45, 2.75) is 56.9 Å². The van der Waals surface area contributed by atoms with Gasteiger partial charge in [-0.05, 0) is 73.5 Å². The van der Waals surface area contributed by atoms with Crippen LogP contribution in [0.3, 0.4) is 0 Å². The zero-order valence-electron chi connectivity index (χ0n) is 22.8. The van der Waals surface area contributed by atoms with Gasteiger partial charge in [0.25, 0.3) is 0 Å². The Balaban J connectivity index is 1.57. The van der Waals surface area contributed by atoms with E-state index in [0.29, 0.717) is 6.54 Å². The smallest absolute Gasteiger partial charge is 0.369 e. The molecular weight excluding hydrogens is 565 g/mol. The molecule has 0 aliphatic carbocycles. The monoisotopic (exact) mass is 600 g/mol. The van der Waals surface area contributed by atoms with Crippen molar-refractivity contribution in [2.24, 2.45) is 27.8 Å². The SMILES string of the molecule is CC(C)(C)CCN1CCCC(CS(=O)(=O)c2ccc(-c3c(Cl)cc(C4(N)N=C(N)NN4)cc3C(F)(F)F)cc2)C1. The Labute approximate surface area is 238 Å². The first-order valence-corrected chi connectivity index (χ1v) is 15.1. The molecule has 8 nitrogen and oxygen atoms in total. The largest absolute Gasteiger partial charge is 0.417 e. The Morgan fingerprint density at radius 1 is 1.18 bits per heavy atom. The first-order valence-electron chi connectivity index (χ1n) is 13.1. The van der Waals surface area contributed by atoms with Gasteiger partial charge in [-0.3, -0.25) is 11.2 Å². The van der Waals surface area contributed by atoms with E-state index >= 15 is 0 Å². The molecule has 2 aromatic carbocycles. The molecule has 0 amide bonds. The van der Waals surface area contributed by atoms with E-state index in [0.717, 1.165) is 38.4 Å². The molecule has 0 aromatic heterocycles. The molecule has 2 aromatic rings. The van der Waals surface area contributed by atoms with Crippen LogP contribution in [0.1, 0.15) is 51.2 Å². The topological polar surface area (TPSA) is 126 Å². The number of hydrogen-bond acceptors (Lipinski definition) is 8. The number of halogens is 4. The lowest BCUT2D eigenvalue weighted by Crippen LogP contribution is -2.50. The predicted molar refractivity (Wildman–Crippen MR) is 151 cm³/mol. The maximum Gasteiger partial charge on any atom is 0.417 e. The number of nitrogens with two attached hydrogens (primary N) is 2. The van der Waals surface area contributed by atoms with Crippen LogP contribution in [-0.4, -0.2) is 44.7 Å². The van der Waals surface area contributed by atoms with Crippen molar-refractivity contribution in [1.29, 1.82) is 0 Å². The molecule has 220 valence electrons. The molecule has 4 rings (SSSR count). The van der Waals surface area contributed by atoms with Gasteiger partial charge < -0.3 is 10.6 Å². The lowest BCUT2D eigenvalue weighted by molar-refractivity contribution is -0.137. The van der Waals surface area contributed by atoms with E-state index in [-0.39, 0.29) is 49.7 Å². The van der Waals surface area contributed by atoms with Crippen LogP contribution in [0.2, 0.25) is 5.02 Å².